The first-order chi connectivity index (χ1) is 9.92. The van der Waals surface area contributed by atoms with Crippen molar-refractivity contribution in [3.8, 4) is 5.88 Å². The molecule has 0 aliphatic carbocycles. The molecule has 6 nitrogen and oxygen atoms in total. The number of halogens is 1. The number of pyridine rings is 1. The van der Waals surface area contributed by atoms with Gasteiger partial charge in [-0.2, -0.15) is 0 Å². The van der Waals surface area contributed by atoms with Crippen molar-refractivity contribution in [1.82, 2.24) is 4.98 Å². The van der Waals surface area contributed by atoms with E-state index in [2.05, 4.69) is 9.71 Å². The Morgan fingerprint density at radius 1 is 1.33 bits per heavy atom. The summed E-state index contributed by atoms with van der Waals surface area (Å²) >= 11 is 5.76. The van der Waals surface area contributed by atoms with E-state index in [1.807, 2.05) is 6.92 Å². The molecule has 112 valence electrons. The molecule has 21 heavy (non-hydrogen) atoms. The maximum Gasteiger partial charge on any atom is 0.263 e. The highest BCUT2D eigenvalue weighted by Crippen LogP contribution is 2.24. The van der Waals surface area contributed by atoms with Crippen LogP contribution in [0.25, 0.3) is 0 Å². The molecule has 0 fully saturated rings. The fourth-order valence-electron chi connectivity index (χ4n) is 1.65. The molecule has 0 saturated carbocycles. The monoisotopic (exact) mass is 327 g/mol. The highest BCUT2D eigenvalue weighted by molar-refractivity contribution is 7.92. The number of hydrogen-bond donors (Lipinski definition) is 2. The van der Waals surface area contributed by atoms with Crippen molar-refractivity contribution in [3.05, 3.63) is 41.6 Å². The number of ether oxygens (including phenoxy) is 1. The molecule has 0 unspecified atom stereocenters. The SMILES string of the molecule is CCOc1ccc(NS(=O)(=O)c2ccc(Cl)cc2N)cn1. The molecule has 1 aromatic carbocycles. The fourth-order valence-corrected chi connectivity index (χ4v) is 2.99. The Kier molecular flexibility index (Phi) is 4.54. The lowest BCUT2D eigenvalue weighted by Gasteiger charge is -2.10. The van der Waals surface area contributed by atoms with Crippen molar-refractivity contribution in [2.45, 2.75) is 11.8 Å². The van der Waals surface area contributed by atoms with Crippen LogP contribution in [0.15, 0.2) is 41.4 Å². The number of nitrogens with two attached hydrogens (primary N) is 1. The lowest BCUT2D eigenvalue weighted by molar-refractivity contribution is 0.327. The summed E-state index contributed by atoms with van der Waals surface area (Å²) in [4.78, 5) is 3.94. The molecule has 2 rings (SSSR count). The quantitative estimate of drug-likeness (QED) is 0.823. The molecule has 0 saturated heterocycles. The van der Waals surface area contributed by atoms with Gasteiger partial charge in [-0.1, -0.05) is 11.6 Å². The van der Waals surface area contributed by atoms with Crippen LogP contribution in [0.3, 0.4) is 0 Å². The third-order valence-corrected chi connectivity index (χ3v) is 4.23. The smallest absolute Gasteiger partial charge is 0.263 e. The molecule has 0 bridgehead atoms. The summed E-state index contributed by atoms with van der Waals surface area (Å²) in [6.45, 7) is 2.32. The van der Waals surface area contributed by atoms with Crippen molar-refractivity contribution < 1.29 is 13.2 Å². The first-order valence-electron chi connectivity index (χ1n) is 6.09. The van der Waals surface area contributed by atoms with E-state index in [0.717, 1.165) is 0 Å². The van der Waals surface area contributed by atoms with Crippen LogP contribution < -0.4 is 15.2 Å². The molecule has 2 aromatic rings. The molecule has 0 aliphatic rings. The van der Waals surface area contributed by atoms with E-state index < -0.39 is 10.0 Å². The maximum atomic E-state index is 12.3. The number of sulfonamides is 1. The van der Waals surface area contributed by atoms with E-state index in [0.29, 0.717) is 23.2 Å². The lowest BCUT2D eigenvalue weighted by atomic mass is 10.3. The highest BCUT2D eigenvalue weighted by atomic mass is 35.5. The summed E-state index contributed by atoms with van der Waals surface area (Å²) < 4.78 is 32.1. The fraction of sp³-hybridized carbons (Fsp3) is 0.154. The first kappa shape index (κ1) is 15.4. The number of nitrogen functional groups attached to an aromatic ring is 1. The van der Waals surface area contributed by atoms with Crippen LogP contribution in [0, 0.1) is 0 Å². The van der Waals surface area contributed by atoms with Gasteiger partial charge in [0.15, 0.2) is 0 Å². The van der Waals surface area contributed by atoms with Crippen LogP contribution in [0.2, 0.25) is 5.02 Å². The Morgan fingerprint density at radius 2 is 2.10 bits per heavy atom. The van der Waals surface area contributed by atoms with Crippen LogP contribution in [-0.4, -0.2) is 20.0 Å². The molecule has 0 atom stereocenters. The van der Waals surface area contributed by atoms with Gasteiger partial charge in [-0.15, -0.1) is 0 Å². The van der Waals surface area contributed by atoms with Gasteiger partial charge in [0.05, 0.1) is 24.2 Å². The Labute approximate surface area is 128 Å². The summed E-state index contributed by atoms with van der Waals surface area (Å²) in [6.07, 6.45) is 1.37. The number of nitrogens with zero attached hydrogens (tertiary/aromatic N) is 1. The lowest BCUT2D eigenvalue weighted by Crippen LogP contribution is -2.15. The molecule has 1 heterocycles. The topological polar surface area (TPSA) is 94.3 Å². The zero-order valence-corrected chi connectivity index (χ0v) is 12.8. The van der Waals surface area contributed by atoms with Gasteiger partial charge >= 0.3 is 0 Å². The predicted octanol–water partition coefficient (Wildman–Crippen LogP) is 2.52. The molecule has 0 amide bonds. The van der Waals surface area contributed by atoms with Gasteiger partial charge in [0.25, 0.3) is 10.0 Å². The second kappa shape index (κ2) is 6.19. The van der Waals surface area contributed by atoms with E-state index in [-0.39, 0.29) is 10.6 Å². The second-order valence-electron chi connectivity index (χ2n) is 4.11. The normalized spacial score (nSPS) is 11.1. The zero-order valence-electron chi connectivity index (χ0n) is 11.2. The standard InChI is InChI=1S/C13H14ClN3O3S/c1-2-20-13-6-4-10(8-16-13)17-21(18,19)12-5-3-9(14)7-11(12)15/h3-8,17H,2,15H2,1H3. The molecule has 1 aromatic heterocycles. The molecular weight excluding hydrogens is 314 g/mol. The van der Waals surface area contributed by atoms with Crippen LogP contribution in [0.4, 0.5) is 11.4 Å². The largest absolute Gasteiger partial charge is 0.478 e. The first-order valence-corrected chi connectivity index (χ1v) is 7.95. The minimum absolute atomic E-state index is 0.0409. The summed E-state index contributed by atoms with van der Waals surface area (Å²) in [6, 6.07) is 7.33. The summed E-state index contributed by atoms with van der Waals surface area (Å²) in [7, 11) is -3.80. The Hall–Kier alpha value is -1.99. The number of benzene rings is 1. The minimum Gasteiger partial charge on any atom is -0.478 e. The minimum atomic E-state index is -3.80. The van der Waals surface area contributed by atoms with E-state index in [1.165, 1.54) is 24.4 Å². The molecule has 8 heteroatoms. The van der Waals surface area contributed by atoms with Gasteiger partial charge in [-0.05, 0) is 31.2 Å². The zero-order chi connectivity index (χ0) is 15.5. The molecule has 0 aliphatic heterocycles. The van der Waals surface area contributed by atoms with Crippen LogP contribution >= 0.6 is 11.6 Å². The Bertz CT molecular complexity index is 733. The van der Waals surface area contributed by atoms with Gasteiger partial charge in [-0.3, -0.25) is 4.72 Å². The van der Waals surface area contributed by atoms with E-state index in [1.54, 1.807) is 12.1 Å². The Morgan fingerprint density at radius 3 is 2.67 bits per heavy atom. The number of hydrogen-bond acceptors (Lipinski definition) is 5. The van der Waals surface area contributed by atoms with Crippen molar-refractivity contribution in [2.75, 3.05) is 17.1 Å². The van der Waals surface area contributed by atoms with Crippen LogP contribution in [-0.2, 0) is 10.0 Å². The summed E-state index contributed by atoms with van der Waals surface area (Å²) in [5.41, 5.74) is 6.08. The average molecular weight is 328 g/mol. The summed E-state index contributed by atoms with van der Waals surface area (Å²) in [5.74, 6) is 0.423. The Balaban J connectivity index is 2.24. The van der Waals surface area contributed by atoms with Crippen molar-refractivity contribution in [1.29, 1.82) is 0 Å². The van der Waals surface area contributed by atoms with Crippen LogP contribution in [0.5, 0.6) is 5.88 Å². The van der Waals surface area contributed by atoms with E-state index in [4.69, 9.17) is 22.1 Å². The highest BCUT2D eigenvalue weighted by Gasteiger charge is 2.17. The molecule has 0 spiro atoms. The number of aromatic nitrogens is 1. The van der Waals surface area contributed by atoms with Gasteiger partial charge in [0, 0.05) is 11.1 Å². The third kappa shape index (κ3) is 3.77. The van der Waals surface area contributed by atoms with Gasteiger partial charge < -0.3 is 10.5 Å². The van der Waals surface area contributed by atoms with Crippen LogP contribution in [0.1, 0.15) is 6.92 Å². The van der Waals surface area contributed by atoms with Crippen molar-refractivity contribution in [2.24, 2.45) is 0 Å². The molecule has 3 N–H and O–H groups in total. The maximum absolute atomic E-state index is 12.3. The van der Waals surface area contributed by atoms with E-state index >= 15 is 0 Å². The van der Waals surface area contributed by atoms with Gasteiger partial charge in [0.2, 0.25) is 5.88 Å². The summed E-state index contributed by atoms with van der Waals surface area (Å²) in [5, 5.41) is 0.370. The number of anilines is 2. The average Bonchev–Trinajstić information content (AvgIpc) is 2.40. The predicted molar refractivity (Wildman–Crippen MR) is 82.1 cm³/mol. The van der Waals surface area contributed by atoms with Gasteiger partial charge in [-0.25, -0.2) is 13.4 Å². The molecule has 0 radical (unpaired) electrons. The number of rotatable bonds is 5. The molecular formula is C13H14ClN3O3S. The second-order valence-corrected chi connectivity index (χ2v) is 6.19. The number of nitrogens with one attached hydrogen (secondary N) is 1. The van der Waals surface area contributed by atoms with Gasteiger partial charge in [0.1, 0.15) is 4.90 Å². The third-order valence-electron chi connectivity index (χ3n) is 2.54. The van der Waals surface area contributed by atoms with Crippen molar-refractivity contribution >= 4 is 33.0 Å². The van der Waals surface area contributed by atoms with Crippen molar-refractivity contribution in [3.63, 3.8) is 0 Å². The van der Waals surface area contributed by atoms with E-state index in [9.17, 15) is 8.42 Å².